The van der Waals surface area contributed by atoms with E-state index in [0.29, 0.717) is 24.7 Å². The van der Waals surface area contributed by atoms with E-state index in [1.54, 1.807) is 18.5 Å². The van der Waals surface area contributed by atoms with Gasteiger partial charge in [-0.15, -0.1) is 0 Å². The van der Waals surface area contributed by atoms with Crippen molar-refractivity contribution in [2.24, 2.45) is 0 Å². The molecule has 1 aromatic heterocycles. The summed E-state index contributed by atoms with van der Waals surface area (Å²) in [7, 11) is -3.15. The van der Waals surface area contributed by atoms with Gasteiger partial charge in [0, 0.05) is 18.1 Å². The van der Waals surface area contributed by atoms with Crippen molar-refractivity contribution in [1.29, 1.82) is 0 Å². The molecule has 0 amide bonds. The number of sulfone groups is 1. The maximum absolute atomic E-state index is 12.2. The second-order valence-corrected chi connectivity index (χ2v) is 7.86. The summed E-state index contributed by atoms with van der Waals surface area (Å²) in [5, 5.41) is 3.12. The highest BCUT2D eigenvalue weighted by Gasteiger charge is 2.27. The number of pyridine rings is 1. The Balaban J connectivity index is 1.63. The van der Waals surface area contributed by atoms with Crippen molar-refractivity contribution in [3.63, 3.8) is 0 Å². The van der Waals surface area contributed by atoms with Crippen LogP contribution < -0.4 is 5.32 Å². The Morgan fingerprint density at radius 2 is 2.04 bits per heavy atom. The first-order chi connectivity index (χ1) is 11.1. The Bertz CT molecular complexity index is 776. The Morgan fingerprint density at radius 1 is 1.26 bits per heavy atom. The summed E-state index contributed by atoms with van der Waals surface area (Å²) in [6, 6.07) is 9.34. The standard InChI is InChI=1S/C17H20N2O3S/c1-13-6-9-23(20,21)17-10-14(2-3-16(13)17)11-22-12-19-15-4-7-18-8-5-15/h2-5,7-8,10,13H,6,9,11-12H2,1H3,(H,18,19)/t13-/m0/s1. The van der Waals surface area contributed by atoms with Gasteiger partial charge >= 0.3 is 0 Å². The van der Waals surface area contributed by atoms with Gasteiger partial charge in [0.1, 0.15) is 6.73 Å². The summed E-state index contributed by atoms with van der Waals surface area (Å²) in [5.74, 6) is 0.520. The number of rotatable bonds is 5. The van der Waals surface area contributed by atoms with E-state index in [1.807, 2.05) is 24.3 Å². The number of hydrogen-bond donors (Lipinski definition) is 1. The van der Waals surface area contributed by atoms with Gasteiger partial charge in [-0.1, -0.05) is 19.1 Å². The number of nitrogens with zero attached hydrogens (tertiary/aromatic N) is 1. The highest BCUT2D eigenvalue weighted by molar-refractivity contribution is 7.91. The second-order valence-electron chi connectivity index (χ2n) is 5.79. The van der Waals surface area contributed by atoms with Crippen molar-refractivity contribution in [1.82, 2.24) is 4.98 Å². The minimum Gasteiger partial charge on any atom is -0.363 e. The fourth-order valence-corrected chi connectivity index (χ4v) is 4.56. The number of anilines is 1. The van der Waals surface area contributed by atoms with Gasteiger partial charge in [0.25, 0.3) is 0 Å². The van der Waals surface area contributed by atoms with Crippen molar-refractivity contribution in [3.05, 3.63) is 53.9 Å². The molecule has 1 N–H and O–H groups in total. The van der Waals surface area contributed by atoms with Gasteiger partial charge in [0.2, 0.25) is 0 Å². The molecule has 122 valence electrons. The van der Waals surface area contributed by atoms with Crippen LogP contribution in [-0.2, 0) is 21.2 Å². The minimum absolute atomic E-state index is 0.231. The lowest BCUT2D eigenvalue weighted by molar-refractivity contribution is 0.138. The number of aromatic nitrogens is 1. The molecular weight excluding hydrogens is 312 g/mol. The molecular formula is C17H20N2O3S. The molecule has 2 aromatic rings. The molecule has 23 heavy (non-hydrogen) atoms. The van der Waals surface area contributed by atoms with E-state index in [2.05, 4.69) is 17.2 Å². The van der Waals surface area contributed by atoms with Gasteiger partial charge in [0.15, 0.2) is 9.84 Å². The lowest BCUT2D eigenvalue weighted by Crippen LogP contribution is -2.19. The van der Waals surface area contributed by atoms with Crippen LogP contribution in [0.25, 0.3) is 0 Å². The first kappa shape index (κ1) is 16.0. The van der Waals surface area contributed by atoms with Crippen molar-refractivity contribution in [2.75, 3.05) is 17.8 Å². The molecule has 1 aliphatic heterocycles. The van der Waals surface area contributed by atoms with Crippen molar-refractivity contribution >= 4 is 15.5 Å². The normalized spacial score (nSPS) is 19.1. The van der Waals surface area contributed by atoms with Crippen LogP contribution in [0.3, 0.4) is 0 Å². The average molecular weight is 332 g/mol. The first-order valence-electron chi connectivity index (χ1n) is 7.63. The third-order valence-electron chi connectivity index (χ3n) is 4.09. The van der Waals surface area contributed by atoms with Crippen molar-refractivity contribution < 1.29 is 13.2 Å². The van der Waals surface area contributed by atoms with Crippen LogP contribution >= 0.6 is 0 Å². The zero-order chi connectivity index (χ0) is 16.3. The molecule has 1 atom stereocenters. The van der Waals surface area contributed by atoms with E-state index in [1.165, 1.54) is 0 Å². The van der Waals surface area contributed by atoms with E-state index in [4.69, 9.17) is 4.74 Å². The van der Waals surface area contributed by atoms with Crippen LogP contribution in [0.5, 0.6) is 0 Å². The summed E-state index contributed by atoms with van der Waals surface area (Å²) in [5.41, 5.74) is 2.73. The van der Waals surface area contributed by atoms with Gasteiger partial charge in [0.05, 0.1) is 17.3 Å². The molecule has 0 radical (unpaired) electrons. The molecule has 5 nitrogen and oxygen atoms in total. The third kappa shape index (κ3) is 3.71. The van der Waals surface area contributed by atoms with E-state index >= 15 is 0 Å². The summed E-state index contributed by atoms with van der Waals surface area (Å²) < 4.78 is 30.0. The molecule has 6 heteroatoms. The van der Waals surface area contributed by atoms with Crippen molar-refractivity contribution in [2.45, 2.75) is 30.8 Å². The molecule has 0 saturated carbocycles. The number of hydrogen-bond acceptors (Lipinski definition) is 5. The maximum Gasteiger partial charge on any atom is 0.178 e. The van der Waals surface area contributed by atoms with Gasteiger partial charge in [-0.2, -0.15) is 0 Å². The van der Waals surface area contributed by atoms with E-state index < -0.39 is 9.84 Å². The molecule has 1 aromatic carbocycles. The van der Waals surface area contributed by atoms with E-state index in [0.717, 1.165) is 16.8 Å². The fraction of sp³-hybridized carbons (Fsp3) is 0.353. The zero-order valence-corrected chi connectivity index (χ0v) is 13.8. The van der Waals surface area contributed by atoms with Crippen LogP contribution in [0.2, 0.25) is 0 Å². The van der Waals surface area contributed by atoms with Crippen molar-refractivity contribution in [3.8, 4) is 0 Å². The Morgan fingerprint density at radius 3 is 2.83 bits per heavy atom. The Hall–Kier alpha value is -1.92. The lowest BCUT2D eigenvalue weighted by atomic mass is 9.97. The number of fused-ring (bicyclic) bond motifs is 1. The average Bonchev–Trinajstić information content (AvgIpc) is 2.56. The molecule has 2 heterocycles. The summed E-state index contributed by atoms with van der Waals surface area (Å²) in [4.78, 5) is 4.42. The minimum atomic E-state index is -3.15. The van der Waals surface area contributed by atoms with E-state index in [9.17, 15) is 8.42 Å². The number of benzene rings is 1. The van der Waals surface area contributed by atoms with Crippen LogP contribution in [0.4, 0.5) is 5.69 Å². The van der Waals surface area contributed by atoms with Gasteiger partial charge in [-0.05, 0) is 41.7 Å². The highest BCUT2D eigenvalue weighted by Crippen LogP contribution is 2.33. The second kappa shape index (κ2) is 6.68. The largest absolute Gasteiger partial charge is 0.363 e. The quantitative estimate of drug-likeness (QED) is 0.673. The lowest BCUT2D eigenvalue weighted by Gasteiger charge is -2.23. The molecule has 1 aliphatic rings. The summed E-state index contributed by atoms with van der Waals surface area (Å²) >= 11 is 0. The molecule has 3 rings (SSSR count). The monoisotopic (exact) mass is 332 g/mol. The van der Waals surface area contributed by atoms with Gasteiger partial charge in [-0.25, -0.2) is 8.42 Å². The summed E-state index contributed by atoms with van der Waals surface area (Å²) in [6.45, 7) is 2.79. The molecule has 0 fully saturated rings. The zero-order valence-electron chi connectivity index (χ0n) is 13.0. The maximum atomic E-state index is 12.2. The molecule has 0 spiro atoms. The molecule has 0 unspecified atom stereocenters. The van der Waals surface area contributed by atoms with Gasteiger partial charge in [-0.3, -0.25) is 4.98 Å². The predicted octanol–water partition coefficient (Wildman–Crippen LogP) is 2.95. The van der Waals surface area contributed by atoms with E-state index in [-0.39, 0.29) is 11.7 Å². The highest BCUT2D eigenvalue weighted by atomic mass is 32.2. The Kier molecular flexibility index (Phi) is 4.63. The summed E-state index contributed by atoms with van der Waals surface area (Å²) in [6.07, 6.45) is 4.11. The SMILES string of the molecule is C[C@H]1CCS(=O)(=O)c2cc(COCNc3ccncc3)ccc21. The smallest absolute Gasteiger partial charge is 0.178 e. The van der Waals surface area contributed by atoms with Crippen LogP contribution in [0, 0.1) is 0 Å². The Labute approximate surface area is 136 Å². The number of ether oxygens (including phenoxy) is 1. The third-order valence-corrected chi connectivity index (χ3v) is 5.89. The molecule has 0 saturated heterocycles. The number of nitrogens with one attached hydrogen (secondary N) is 1. The van der Waals surface area contributed by atoms with Crippen LogP contribution in [-0.4, -0.2) is 25.9 Å². The van der Waals surface area contributed by atoms with Crippen LogP contribution in [0.1, 0.15) is 30.4 Å². The molecule has 0 bridgehead atoms. The topological polar surface area (TPSA) is 68.3 Å². The fourth-order valence-electron chi connectivity index (χ4n) is 2.72. The van der Waals surface area contributed by atoms with Crippen LogP contribution in [0.15, 0.2) is 47.6 Å². The predicted molar refractivity (Wildman–Crippen MR) is 89.0 cm³/mol. The first-order valence-corrected chi connectivity index (χ1v) is 9.29. The van der Waals surface area contributed by atoms with Gasteiger partial charge < -0.3 is 10.1 Å². The molecule has 0 aliphatic carbocycles.